The van der Waals surface area contributed by atoms with Gasteiger partial charge >= 0.3 is 0 Å². The average molecular weight is 375 g/mol. The maximum atomic E-state index is 4.61. The number of hydrogen-bond donors (Lipinski definition) is 0. The molecule has 1 aliphatic carbocycles. The number of piperazine rings is 1. The summed E-state index contributed by atoms with van der Waals surface area (Å²) in [4.78, 5) is 24.8. The van der Waals surface area contributed by atoms with Crippen molar-refractivity contribution in [3.63, 3.8) is 0 Å². The first-order chi connectivity index (χ1) is 13.7. The van der Waals surface area contributed by atoms with Crippen molar-refractivity contribution in [3.05, 3.63) is 42.5 Å². The molecule has 3 aromatic rings. The minimum absolute atomic E-state index is 0.704. The second kappa shape index (κ2) is 6.89. The van der Waals surface area contributed by atoms with Crippen molar-refractivity contribution in [2.24, 2.45) is 0 Å². The molecule has 0 spiro atoms. The second-order valence-corrected chi connectivity index (χ2v) is 7.86. The third kappa shape index (κ3) is 3.21. The summed E-state index contributed by atoms with van der Waals surface area (Å²) in [7, 11) is 4.03. The Morgan fingerprint density at radius 3 is 2.29 bits per heavy atom. The van der Waals surface area contributed by atoms with Crippen molar-refractivity contribution in [1.29, 1.82) is 0 Å². The summed E-state index contributed by atoms with van der Waals surface area (Å²) in [6.07, 6.45) is 8.23. The zero-order valence-electron chi connectivity index (χ0n) is 16.4. The number of benzene rings is 1. The fourth-order valence-corrected chi connectivity index (χ4v) is 3.87. The number of rotatable bonds is 4. The van der Waals surface area contributed by atoms with Crippen LogP contribution in [-0.4, -0.2) is 60.2 Å². The van der Waals surface area contributed by atoms with Gasteiger partial charge in [-0.15, -0.1) is 0 Å². The van der Waals surface area contributed by atoms with Crippen LogP contribution in [0.25, 0.3) is 10.9 Å². The maximum Gasteiger partial charge on any atom is 0.225 e. The van der Waals surface area contributed by atoms with Gasteiger partial charge in [0, 0.05) is 63.7 Å². The highest BCUT2D eigenvalue weighted by Crippen LogP contribution is 2.39. The molecule has 7 nitrogen and oxygen atoms in total. The molecule has 5 rings (SSSR count). The number of aromatic nitrogens is 4. The van der Waals surface area contributed by atoms with E-state index >= 15 is 0 Å². The van der Waals surface area contributed by atoms with Gasteiger partial charge < -0.3 is 14.7 Å². The van der Waals surface area contributed by atoms with Crippen LogP contribution >= 0.6 is 0 Å². The van der Waals surface area contributed by atoms with Gasteiger partial charge in [-0.25, -0.2) is 19.9 Å². The van der Waals surface area contributed by atoms with Crippen LogP contribution < -0.4 is 14.7 Å². The molecule has 3 heterocycles. The third-order valence-electron chi connectivity index (χ3n) is 5.66. The zero-order chi connectivity index (χ0) is 19.1. The summed E-state index contributed by atoms with van der Waals surface area (Å²) in [6, 6.07) is 6.46. The SMILES string of the molecule is CN(C)c1ncnc2ccc(N3CCN(c4ncc(C5CC5)cn4)CC3)cc12. The molecule has 7 heteroatoms. The van der Waals surface area contributed by atoms with E-state index in [9.17, 15) is 0 Å². The average Bonchev–Trinajstić information content (AvgIpc) is 3.58. The lowest BCUT2D eigenvalue weighted by Crippen LogP contribution is -2.47. The van der Waals surface area contributed by atoms with Gasteiger partial charge in [0.25, 0.3) is 0 Å². The second-order valence-electron chi connectivity index (χ2n) is 7.86. The van der Waals surface area contributed by atoms with Crippen LogP contribution in [0.3, 0.4) is 0 Å². The highest BCUT2D eigenvalue weighted by atomic mass is 15.3. The lowest BCUT2D eigenvalue weighted by molar-refractivity contribution is 0.639. The molecule has 1 saturated carbocycles. The standard InChI is InChI=1S/C21H25N7/c1-26(2)20-18-11-17(5-6-19(18)24-14-25-20)27-7-9-28(10-8-27)21-22-12-16(13-23-21)15-3-4-15/h5-6,11-15H,3-4,7-10H2,1-2H3. The first-order valence-electron chi connectivity index (χ1n) is 9.93. The maximum absolute atomic E-state index is 4.61. The Morgan fingerprint density at radius 2 is 1.61 bits per heavy atom. The summed E-state index contributed by atoms with van der Waals surface area (Å²) in [5, 5.41) is 1.09. The summed E-state index contributed by atoms with van der Waals surface area (Å²) < 4.78 is 0. The summed E-state index contributed by atoms with van der Waals surface area (Å²) in [6.45, 7) is 3.74. The van der Waals surface area contributed by atoms with Gasteiger partial charge in [0.15, 0.2) is 0 Å². The Morgan fingerprint density at radius 1 is 0.893 bits per heavy atom. The van der Waals surface area contributed by atoms with Crippen LogP contribution in [0, 0.1) is 0 Å². The van der Waals surface area contributed by atoms with E-state index in [0.29, 0.717) is 5.92 Å². The van der Waals surface area contributed by atoms with Gasteiger partial charge in [-0.1, -0.05) is 0 Å². The van der Waals surface area contributed by atoms with Gasteiger partial charge in [0.2, 0.25) is 5.95 Å². The van der Waals surface area contributed by atoms with E-state index in [-0.39, 0.29) is 0 Å². The number of nitrogens with zero attached hydrogens (tertiary/aromatic N) is 7. The van der Waals surface area contributed by atoms with E-state index < -0.39 is 0 Å². The first kappa shape index (κ1) is 17.2. The van der Waals surface area contributed by atoms with Crippen molar-refractivity contribution in [1.82, 2.24) is 19.9 Å². The molecule has 0 N–H and O–H groups in total. The predicted octanol–water partition coefficient (Wildman–Crippen LogP) is 2.69. The molecular formula is C21H25N7. The van der Waals surface area contributed by atoms with Gasteiger partial charge in [-0.05, 0) is 42.5 Å². The molecule has 0 radical (unpaired) electrons. The first-order valence-corrected chi connectivity index (χ1v) is 9.93. The van der Waals surface area contributed by atoms with Crippen molar-refractivity contribution in [2.45, 2.75) is 18.8 Å². The molecule has 144 valence electrons. The van der Waals surface area contributed by atoms with Crippen LogP contribution in [0.15, 0.2) is 36.9 Å². The normalized spacial score (nSPS) is 17.2. The topological polar surface area (TPSA) is 61.3 Å². The van der Waals surface area contributed by atoms with Crippen molar-refractivity contribution < 1.29 is 0 Å². The van der Waals surface area contributed by atoms with Gasteiger partial charge in [0.1, 0.15) is 12.1 Å². The predicted molar refractivity (Wildman–Crippen MR) is 112 cm³/mol. The lowest BCUT2D eigenvalue weighted by Gasteiger charge is -2.36. The van der Waals surface area contributed by atoms with Crippen LogP contribution in [0.4, 0.5) is 17.5 Å². The molecule has 1 aromatic carbocycles. The van der Waals surface area contributed by atoms with Gasteiger partial charge in [-0.2, -0.15) is 0 Å². The highest BCUT2D eigenvalue weighted by Gasteiger charge is 2.25. The molecular weight excluding hydrogens is 350 g/mol. The molecule has 0 amide bonds. The molecule has 1 saturated heterocycles. The minimum atomic E-state index is 0.704. The molecule has 1 aliphatic heterocycles. The van der Waals surface area contributed by atoms with Crippen molar-refractivity contribution in [2.75, 3.05) is 55.0 Å². The molecule has 2 fully saturated rings. The Kier molecular flexibility index (Phi) is 4.22. The number of hydrogen-bond acceptors (Lipinski definition) is 7. The van der Waals surface area contributed by atoms with Gasteiger partial charge in [0.05, 0.1) is 5.52 Å². The zero-order valence-corrected chi connectivity index (χ0v) is 16.4. The summed E-state index contributed by atoms with van der Waals surface area (Å²) in [5.74, 6) is 2.51. The van der Waals surface area contributed by atoms with Crippen molar-refractivity contribution in [3.8, 4) is 0 Å². The fourth-order valence-electron chi connectivity index (χ4n) is 3.87. The molecule has 28 heavy (non-hydrogen) atoms. The Bertz CT molecular complexity index is 974. The van der Waals surface area contributed by atoms with E-state index in [2.05, 4.69) is 47.9 Å². The van der Waals surface area contributed by atoms with Gasteiger partial charge in [-0.3, -0.25) is 0 Å². The summed E-state index contributed by atoms with van der Waals surface area (Å²) >= 11 is 0. The van der Waals surface area contributed by atoms with Crippen LogP contribution in [-0.2, 0) is 0 Å². The number of anilines is 3. The van der Waals surface area contributed by atoms with Crippen LogP contribution in [0.1, 0.15) is 24.3 Å². The third-order valence-corrected chi connectivity index (χ3v) is 5.66. The lowest BCUT2D eigenvalue weighted by atomic mass is 10.1. The molecule has 2 aromatic heterocycles. The van der Waals surface area contributed by atoms with E-state index in [4.69, 9.17) is 0 Å². The molecule has 0 bridgehead atoms. The highest BCUT2D eigenvalue weighted by molar-refractivity contribution is 5.91. The van der Waals surface area contributed by atoms with Crippen molar-refractivity contribution >= 4 is 28.4 Å². The van der Waals surface area contributed by atoms with E-state index in [0.717, 1.165) is 48.8 Å². The van der Waals surface area contributed by atoms with Crippen LogP contribution in [0.2, 0.25) is 0 Å². The molecule has 0 atom stereocenters. The monoisotopic (exact) mass is 375 g/mol. The van der Waals surface area contributed by atoms with E-state index in [1.165, 1.54) is 24.1 Å². The van der Waals surface area contributed by atoms with E-state index in [1.54, 1.807) is 6.33 Å². The van der Waals surface area contributed by atoms with E-state index in [1.807, 2.05) is 31.4 Å². The Balaban J connectivity index is 1.31. The minimum Gasteiger partial charge on any atom is -0.368 e. The number of fused-ring (bicyclic) bond motifs is 1. The smallest absolute Gasteiger partial charge is 0.225 e. The summed E-state index contributed by atoms with van der Waals surface area (Å²) in [5.41, 5.74) is 3.48. The molecule has 0 unspecified atom stereocenters. The van der Waals surface area contributed by atoms with Crippen LogP contribution in [0.5, 0.6) is 0 Å². The largest absolute Gasteiger partial charge is 0.368 e. The molecule has 2 aliphatic rings. The quantitative estimate of drug-likeness (QED) is 0.695. The Labute approximate surface area is 165 Å². The fraction of sp³-hybridized carbons (Fsp3) is 0.429. The Hall–Kier alpha value is -2.96.